The molecule has 1 aromatic rings. The van der Waals surface area contributed by atoms with Crippen molar-refractivity contribution in [2.45, 2.75) is 72.1 Å². The van der Waals surface area contributed by atoms with Crippen LogP contribution < -0.4 is 0 Å². The van der Waals surface area contributed by atoms with E-state index in [4.69, 9.17) is 14.2 Å². The van der Waals surface area contributed by atoms with E-state index in [0.29, 0.717) is 25.0 Å². The van der Waals surface area contributed by atoms with Crippen molar-refractivity contribution in [3.8, 4) is 0 Å². The predicted molar refractivity (Wildman–Crippen MR) is 109 cm³/mol. The van der Waals surface area contributed by atoms with Crippen LogP contribution in [0.25, 0.3) is 0 Å². The smallest absolute Gasteiger partial charge is 0.339 e. The molecule has 0 saturated carbocycles. The first-order chi connectivity index (χ1) is 14.0. The van der Waals surface area contributed by atoms with Crippen LogP contribution in [0.2, 0.25) is 0 Å². The van der Waals surface area contributed by atoms with Crippen LogP contribution in [-0.2, 0) is 31.8 Å². The number of rotatable bonds is 9. The van der Waals surface area contributed by atoms with Gasteiger partial charge in [-0.25, -0.2) is 9.59 Å². The molecular weight excluding hydrogens is 372 g/mol. The van der Waals surface area contributed by atoms with Gasteiger partial charge in [-0.1, -0.05) is 13.3 Å². The predicted octanol–water partition coefficient (Wildman–Crippen LogP) is 4.37. The minimum atomic E-state index is -0.565. The zero-order chi connectivity index (χ0) is 21.4. The molecule has 0 heterocycles. The lowest BCUT2D eigenvalue weighted by Crippen LogP contribution is -2.24. The number of esters is 3. The summed E-state index contributed by atoms with van der Waals surface area (Å²) in [4.78, 5) is 38.2. The van der Waals surface area contributed by atoms with Crippen LogP contribution in [0.3, 0.4) is 0 Å². The van der Waals surface area contributed by atoms with Gasteiger partial charge < -0.3 is 14.2 Å². The number of carbonyl (C=O) groups excluding carboxylic acids is 3. The number of carbonyl (C=O) groups is 3. The third-order valence-electron chi connectivity index (χ3n) is 5.19. The number of ether oxygens (including phenoxy) is 3. The summed E-state index contributed by atoms with van der Waals surface area (Å²) in [6.07, 6.45) is 4.75. The van der Waals surface area contributed by atoms with E-state index >= 15 is 0 Å². The van der Waals surface area contributed by atoms with Gasteiger partial charge in [0.2, 0.25) is 0 Å². The average Bonchev–Trinajstić information content (AvgIpc) is 2.71. The molecule has 0 saturated heterocycles. The fourth-order valence-electron chi connectivity index (χ4n) is 4.03. The molecule has 0 amide bonds. The van der Waals surface area contributed by atoms with Crippen molar-refractivity contribution >= 4 is 17.9 Å². The summed E-state index contributed by atoms with van der Waals surface area (Å²) < 4.78 is 15.8. The second kappa shape index (κ2) is 11.0. The lowest BCUT2D eigenvalue weighted by Gasteiger charge is -2.27. The van der Waals surface area contributed by atoms with Crippen LogP contribution in [0.5, 0.6) is 0 Å². The van der Waals surface area contributed by atoms with Crippen LogP contribution in [0, 0.1) is 0 Å². The van der Waals surface area contributed by atoms with Crippen molar-refractivity contribution in [3.63, 3.8) is 0 Å². The van der Waals surface area contributed by atoms with Crippen LogP contribution in [0.4, 0.5) is 0 Å². The van der Waals surface area contributed by atoms with Crippen LogP contribution in [0.15, 0.2) is 6.07 Å². The van der Waals surface area contributed by atoms with Gasteiger partial charge in [-0.2, -0.15) is 0 Å². The third kappa shape index (κ3) is 5.17. The average molecular weight is 405 g/mol. The van der Waals surface area contributed by atoms with E-state index in [9.17, 15) is 14.4 Å². The minimum absolute atomic E-state index is 0.186. The molecule has 0 spiro atoms. The highest BCUT2D eigenvalue weighted by molar-refractivity contribution is 6.05. The molecular formula is C23H32O6. The number of hydrogen-bond donors (Lipinski definition) is 0. The van der Waals surface area contributed by atoms with Crippen molar-refractivity contribution in [3.05, 3.63) is 33.9 Å². The lowest BCUT2D eigenvalue weighted by atomic mass is 9.78. The molecule has 0 aromatic heterocycles. The highest BCUT2D eigenvalue weighted by Gasteiger charge is 2.33. The summed E-state index contributed by atoms with van der Waals surface area (Å²) >= 11 is 0. The standard InChI is InChI=1S/C23H32O6/c1-5-11-17(21(24)27-6-2)18-14-19(22(25)28-7-3)20(23(26)29-8-4)16-13-10-9-12-15(16)18/h14,17H,5-13H2,1-4H3. The molecule has 0 N–H and O–H groups in total. The summed E-state index contributed by atoms with van der Waals surface area (Å²) in [5, 5.41) is 0. The van der Waals surface area contributed by atoms with Gasteiger partial charge in [-0.15, -0.1) is 0 Å². The van der Waals surface area contributed by atoms with Crippen molar-refractivity contribution in [2.75, 3.05) is 19.8 Å². The van der Waals surface area contributed by atoms with Crippen molar-refractivity contribution < 1.29 is 28.6 Å². The quantitative estimate of drug-likeness (QED) is 0.449. The van der Waals surface area contributed by atoms with Gasteiger partial charge in [-0.05, 0) is 75.6 Å². The topological polar surface area (TPSA) is 78.9 Å². The fourth-order valence-corrected chi connectivity index (χ4v) is 4.03. The Morgan fingerprint density at radius 2 is 1.45 bits per heavy atom. The Hall–Kier alpha value is -2.37. The Kier molecular flexibility index (Phi) is 8.68. The van der Waals surface area contributed by atoms with Gasteiger partial charge in [0.25, 0.3) is 0 Å². The van der Waals surface area contributed by atoms with Gasteiger partial charge in [0.15, 0.2) is 0 Å². The van der Waals surface area contributed by atoms with Crippen molar-refractivity contribution in [1.82, 2.24) is 0 Å². The number of fused-ring (bicyclic) bond motifs is 1. The van der Waals surface area contributed by atoms with Crippen molar-refractivity contribution in [2.24, 2.45) is 0 Å². The van der Waals surface area contributed by atoms with Gasteiger partial charge >= 0.3 is 17.9 Å². The largest absolute Gasteiger partial charge is 0.466 e. The Bertz CT molecular complexity index is 752. The first-order valence-electron chi connectivity index (χ1n) is 10.7. The first kappa shape index (κ1) is 22.9. The van der Waals surface area contributed by atoms with E-state index in [1.54, 1.807) is 26.8 Å². The molecule has 160 valence electrons. The maximum atomic E-state index is 12.8. The SMILES string of the molecule is CCCC(C(=O)OCC)c1cc(C(=O)OCC)c(C(=O)OCC)c2c1CCCC2. The molecule has 0 bridgehead atoms. The minimum Gasteiger partial charge on any atom is -0.466 e. The molecule has 1 aliphatic rings. The Morgan fingerprint density at radius 3 is 2.03 bits per heavy atom. The Morgan fingerprint density at radius 1 is 0.862 bits per heavy atom. The molecule has 6 nitrogen and oxygen atoms in total. The summed E-state index contributed by atoms with van der Waals surface area (Å²) in [7, 11) is 0. The first-order valence-corrected chi connectivity index (χ1v) is 10.7. The second-order valence-corrected chi connectivity index (χ2v) is 7.09. The molecule has 2 rings (SSSR count). The fraction of sp³-hybridized carbons (Fsp3) is 0.609. The zero-order valence-corrected chi connectivity index (χ0v) is 18.0. The molecule has 0 radical (unpaired) electrons. The molecule has 29 heavy (non-hydrogen) atoms. The van der Waals surface area contributed by atoms with E-state index < -0.39 is 17.9 Å². The highest BCUT2D eigenvalue weighted by atomic mass is 16.5. The van der Waals surface area contributed by atoms with Gasteiger partial charge in [0.05, 0.1) is 36.9 Å². The summed E-state index contributed by atoms with van der Waals surface area (Å²) in [6.45, 7) is 7.97. The van der Waals surface area contributed by atoms with Gasteiger partial charge in [0, 0.05) is 0 Å². The summed E-state index contributed by atoms with van der Waals surface area (Å²) in [5.41, 5.74) is 3.07. The van der Waals surface area contributed by atoms with Crippen LogP contribution in [0.1, 0.15) is 96.7 Å². The monoisotopic (exact) mass is 404 g/mol. The van der Waals surface area contributed by atoms with E-state index in [1.165, 1.54) is 0 Å². The molecule has 0 fully saturated rings. The molecule has 0 aliphatic heterocycles. The molecule has 6 heteroatoms. The van der Waals surface area contributed by atoms with E-state index in [0.717, 1.165) is 42.4 Å². The summed E-state index contributed by atoms with van der Waals surface area (Å²) in [6, 6.07) is 1.67. The Balaban J connectivity index is 2.74. The third-order valence-corrected chi connectivity index (χ3v) is 5.19. The molecule has 1 aliphatic carbocycles. The zero-order valence-electron chi connectivity index (χ0n) is 18.0. The van der Waals surface area contributed by atoms with E-state index in [1.807, 2.05) is 6.92 Å². The maximum Gasteiger partial charge on any atom is 0.339 e. The highest BCUT2D eigenvalue weighted by Crippen LogP contribution is 2.37. The molecule has 1 unspecified atom stereocenters. The lowest BCUT2D eigenvalue weighted by molar-refractivity contribution is -0.145. The molecule has 1 aromatic carbocycles. The summed E-state index contributed by atoms with van der Waals surface area (Å²) in [5.74, 6) is -1.83. The Labute approximate surface area is 172 Å². The van der Waals surface area contributed by atoms with Crippen LogP contribution in [-0.4, -0.2) is 37.7 Å². The number of benzene rings is 1. The van der Waals surface area contributed by atoms with Gasteiger partial charge in [-0.3, -0.25) is 4.79 Å². The second-order valence-electron chi connectivity index (χ2n) is 7.09. The maximum absolute atomic E-state index is 12.8. The van der Waals surface area contributed by atoms with Gasteiger partial charge in [0.1, 0.15) is 0 Å². The molecule has 1 atom stereocenters. The van der Waals surface area contributed by atoms with E-state index in [2.05, 4.69) is 0 Å². The normalized spacial score (nSPS) is 13.9. The van der Waals surface area contributed by atoms with E-state index in [-0.39, 0.29) is 24.7 Å². The van der Waals surface area contributed by atoms with Crippen molar-refractivity contribution in [1.29, 1.82) is 0 Å². The number of hydrogen-bond acceptors (Lipinski definition) is 6. The van der Waals surface area contributed by atoms with Crippen LogP contribution >= 0.6 is 0 Å².